The van der Waals surface area contributed by atoms with Crippen LogP contribution in [-0.4, -0.2) is 5.78 Å². The van der Waals surface area contributed by atoms with Crippen molar-refractivity contribution in [1.29, 1.82) is 0 Å². The minimum absolute atomic E-state index is 0.164. The summed E-state index contributed by atoms with van der Waals surface area (Å²) in [5.74, 6) is 0.164. The number of hydrogen-bond acceptors (Lipinski definition) is 1. The molecule has 0 aromatic rings. The highest BCUT2D eigenvalue weighted by Crippen LogP contribution is 2.11. The molecule has 0 heterocycles. The van der Waals surface area contributed by atoms with E-state index < -0.39 is 0 Å². The van der Waals surface area contributed by atoms with E-state index in [9.17, 15) is 4.79 Å². The Bertz CT molecular complexity index is 194. The van der Waals surface area contributed by atoms with E-state index in [-0.39, 0.29) is 5.78 Å². The van der Waals surface area contributed by atoms with E-state index in [0.29, 0.717) is 0 Å². The Morgan fingerprint density at radius 1 is 0.824 bits per heavy atom. The van der Waals surface area contributed by atoms with Gasteiger partial charge in [-0.1, -0.05) is 70.8 Å². The first kappa shape index (κ1) is 16.4. The maximum absolute atomic E-state index is 10.6. The molecule has 0 bridgehead atoms. The molecule has 17 heavy (non-hydrogen) atoms. The number of allylic oxidation sites excluding steroid dienone is 2. The van der Waals surface area contributed by atoms with E-state index in [1.54, 1.807) is 13.0 Å². The molecule has 0 aliphatic rings. The Labute approximate surface area is 108 Å². The van der Waals surface area contributed by atoms with Crippen LogP contribution in [0.2, 0.25) is 0 Å². The van der Waals surface area contributed by atoms with Gasteiger partial charge in [0, 0.05) is 0 Å². The van der Waals surface area contributed by atoms with Crippen molar-refractivity contribution < 1.29 is 4.79 Å². The van der Waals surface area contributed by atoms with Crippen molar-refractivity contribution in [1.82, 2.24) is 0 Å². The Kier molecular flexibility index (Phi) is 13.0. The van der Waals surface area contributed by atoms with Gasteiger partial charge in [-0.15, -0.1) is 0 Å². The lowest BCUT2D eigenvalue weighted by Crippen LogP contribution is -1.82. The van der Waals surface area contributed by atoms with Gasteiger partial charge in [0.15, 0.2) is 5.78 Å². The standard InChI is InChI=1S/C16H30O/c1-3-4-5-6-7-8-9-10-11-12-13-14-15-16(2)17/h14-15H,3-13H2,1-2H3. The lowest BCUT2D eigenvalue weighted by molar-refractivity contribution is -0.112. The molecule has 0 atom stereocenters. The number of rotatable bonds is 12. The average molecular weight is 238 g/mol. The van der Waals surface area contributed by atoms with Gasteiger partial charge in [0.2, 0.25) is 0 Å². The zero-order valence-corrected chi connectivity index (χ0v) is 11.8. The van der Waals surface area contributed by atoms with Crippen LogP contribution in [0.15, 0.2) is 12.2 Å². The van der Waals surface area contributed by atoms with Crippen LogP contribution in [-0.2, 0) is 4.79 Å². The fourth-order valence-electron chi connectivity index (χ4n) is 2.00. The third-order valence-corrected chi connectivity index (χ3v) is 3.08. The first-order chi connectivity index (χ1) is 8.27. The van der Waals surface area contributed by atoms with Crippen molar-refractivity contribution in [2.45, 2.75) is 84.5 Å². The second kappa shape index (κ2) is 13.5. The summed E-state index contributed by atoms with van der Waals surface area (Å²) in [5.41, 5.74) is 0. The van der Waals surface area contributed by atoms with E-state index in [1.165, 1.54) is 64.2 Å². The molecule has 1 heteroatoms. The molecule has 0 radical (unpaired) electrons. The van der Waals surface area contributed by atoms with E-state index >= 15 is 0 Å². The normalized spacial score (nSPS) is 11.2. The highest BCUT2D eigenvalue weighted by Gasteiger charge is 1.91. The van der Waals surface area contributed by atoms with Gasteiger partial charge >= 0.3 is 0 Å². The third-order valence-electron chi connectivity index (χ3n) is 3.08. The van der Waals surface area contributed by atoms with Crippen LogP contribution in [0.25, 0.3) is 0 Å². The van der Waals surface area contributed by atoms with Gasteiger partial charge < -0.3 is 0 Å². The summed E-state index contributed by atoms with van der Waals surface area (Å²) in [6, 6.07) is 0. The predicted molar refractivity (Wildman–Crippen MR) is 76.3 cm³/mol. The Balaban J connectivity index is 3.01. The number of unbranched alkanes of at least 4 members (excludes halogenated alkanes) is 10. The molecule has 0 aliphatic carbocycles. The summed E-state index contributed by atoms with van der Waals surface area (Å²) in [6.07, 6.45) is 18.5. The molecule has 0 aliphatic heterocycles. The summed E-state index contributed by atoms with van der Waals surface area (Å²) in [6.45, 7) is 3.87. The molecule has 1 nitrogen and oxygen atoms in total. The SMILES string of the molecule is CCCCCCCCCCCCC=CC(C)=O. The van der Waals surface area contributed by atoms with E-state index in [1.807, 2.05) is 6.08 Å². The van der Waals surface area contributed by atoms with Crippen molar-refractivity contribution in [3.05, 3.63) is 12.2 Å². The zero-order chi connectivity index (χ0) is 12.8. The van der Waals surface area contributed by atoms with Gasteiger partial charge in [-0.05, 0) is 25.8 Å². The van der Waals surface area contributed by atoms with Gasteiger partial charge in [0.05, 0.1) is 0 Å². The zero-order valence-electron chi connectivity index (χ0n) is 11.8. The molecule has 100 valence electrons. The van der Waals surface area contributed by atoms with E-state index in [4.69, 9.17) is 0 Å². The Morgan fingerprint density at radius 2 is 1.29 bits per heavy atom. The van der Waals surface area contributed by atoms with Gasteiger partial charge in [-0.3, -0.25) is 4.79 Å². The molecular weight excluding hydrogens is 208 g/mol. The maximum atomic E-state index is 10.6. The van der Waals surface area contributed by atoms with Crippen LogP contribution in [0.1, 0.15) is 84.5 Å². The first-order valence-electron chi connectivity index (χ1n) is 7.44. The molecule has 0 amide bonds. The highest BCUT2D eigenvalue weighted by molar-refractivity contribution is 5.87. The molecule has 0 rings (SSSR count). The van der Waals surface area contributed by atoms with Gasteiger partial charge in [-0.2, -0.15) is 0 Å². The lowest BCUT2D eigenvalue weighted by Gasteiger charge is -2.01. The summed E-state index contributed by atoms with van der Waals surface area (Å²) < 4.78 is 0. The fraction of sp³-hybridized carbons (Fsp3) is 0.812. The highest BCUT2D eigenvalue weighted by atomic mass is 16.1. The topological polar surface area (TPSA) is 17.1 Å². The largest absolute Gasteiger partial charge is 0.295 e. The van der Waals surface area contributed by atoms with Gasteiger partial charge in [0.1, 0.15) is 0 Å². The summed E-state index contributed by atoms with van der Waals surface area (Å²) >= 11 is 0. The van der Waals surface area contributed by atoms with Crippen LogP contribution in [0.4, 0.5) is 0 Å². The molecule has 0 spiro atoms. The minimum atomic E-state index is 0.164. The van der Waals surface area contributed by atoms with Crippen molar-refractivity contribution in [3.63, 3.8) is 0 Å². The second-order valence-corrected chi connectivity index (χ2v) is 4.98. The molecule has 0 saturated heterocycles. The van der Waals surface area contributed by atoms with Gasteiger partial charge in [0.25, 0.3) is 0 Å². The lowest BCUT2D eigenvalue weighted by atomic mass is 10.1. The maximum Gasteiger partial charge on any atom is 0.152 e. The summed E-state index contributed by atoms with van der Waals surface area (Å²) in [7, 11) is 0. The first-order valence-corrected chi connectivity index (χ1v) is 7.44. The second-order valence-electron chi connectivity index (χ2n) is 4.98. The Hall–Kier alpha value is -0.590. The quantitative estimate of drug-likeness (QED) is 0.327. The molecule has 0 fully saturated rings. The molecular formula is C16H30O. The number of carbonyl (C=O) groups excluding carboxylic acids is 1. The number of hydrogen-bond donors (Lipinski definition) is 0. The van der Waals surface area contributed by atoms with Crippen LogP contribution >= 0.6 is 0 Å². The molecule has 0 aromatic heterocycles. The van der Waals surface area contributed by atoms with Crippen molar-refractivity contribution in [2.24, 2.45) is 0 Å². The number of ketones is 1. The minimum Gasteiger partial charge on any atom is -0.295 e. The summed E-state index contributed by atoms with van der Waals surface area (Å²) in [5, 5.41) is 0. The summed E-state index contributed by atoms with van der Waals surface area (Å²) in [4.78, 5) is 10.6. The molecule has 0 N–H and O–H groups in total. The van der Waals surface area contributed by atoms with Gasteiger partial charge in [-0.25, -0.2) is 0 Å². The monoisotopic (exact) mass is 238 g/mol. The Morgan fingerprint density at radius 3 is 1.76 bits per heavy atom. The predicted octanol–water partition coefficient (Wildman–Crippen LogP) is 5.44. The van der Waals surface area contributed by atoms with Crippen LogP contribution < -0.4 is 0 Å². The fourth-order valence-corrected chi connectivity index (χ4v) is 2.00. The van der Waals surface area contributed by atoms with Crippen LogP contribution in [0, 0.1) is 0 Å². The average Bonchev–Trinajstić information content (AvgIpc) is 2.30. The molecule has 0 aromatic carbocycles. The van der Waals surface area contributed by atoms with Crippen molar-refractivity contribution >= 4 is 5.78 Å². The molecule has 0 saturated carbocycles. The van der Waals surface area contributed by atoms with Crippen LogP contribution in [0.3, 0.4) is 0 Å². The smallest absolute Gasteiger partial charge is 0.152 e. The van der Waals surface area contributed by atoms with E-state index in [2.05, 4.69) is 6.92 Å². The van der Waals surface area contributed by atoms with Crippen molar-refractivity contribution in [3.8, 4) is 0 Å². The van der Waals surface area contributed by atoms with Crippen molar-refractivity contribution in [2.75, 3.05) is 0 Å². The third kappa shape index (κ3) is 15.4. The number of carbonyl (C=O) groups is 1. The van der Waals surface area contributed by atoms with Crippen LogP contribution in [0.5, 0.6) is 0 Å². The van der Waals surface area contributed by atoms with E-state index in [0.717, 1.165) is 6.42 Å². The molecule has 0 unspecified atom stereocenters.